The molecule has 2 rings (SSSR count). The number of aromatic nitrogens is 1. The molecule has 0 saturated carbocycles. The summed E-state index contributed by atoms with van der Waals surface area (Å²) in [5.74, 6) is 0.796. The molecule has 0 fully saturated rings. The number of hydrogen-bond acceptors (Lipinski definition) is 4. The maximum absolute atomic E-state index is 5.85. The van der Waals surface area contributed by atoms with E-state index in [2.05, 4.69) is 65.0 Å². The highest BCUT2D eigenvalue weighted by Crippen LogP contribution is 2.37. The molecule has 0 atom stereocenters. The van der Waals surface area contributed by atoms with E-state index in [0.29, 0.717) is 6.61 Å². The lowest BCUT2D eigenvalue weighted by Gasteiger charge is -2.09. The minimum atomic E-state index is 0.504. The van der Waals surface area contributed by atoms with Crippen LogP contribution in [0.15, 0.2) is 31.7 Å². The average Bonchev–Trinajstić information content (AvgIpc) is 2.83. The highest BCUT2D eigenvalue weighted by atomic mass is 79.9. The Hall–Kier alpha value is -0.110. The molecule has 1 aromatic heterocycles. The number of ether oxygens (including phenoxy) is 1. The standard InChI is InChI=1S/C13H13Br3N2OS/c1-2-3-17-13-18-6-9(20-13)7-19-12-10(15)4-8(14)5-11(12)16/h4-6H,2-3,7H2,1H3,(H,17,18). The molecule has 108 valence electrons. The second-order valence-corrected chi connectivity index (χ2v) is 7.79. The van der Waals surface area contributed by atoms with E-state index in [1.165, 1.54) is 0 Å². The third-order valence-electron chi connectivity index (χ3n) is 2.40. The minimum absolute atomic E-state index is 0.504. The van der Waals surface area contributed by atoms with Crippen molar-refractivity contribution in [3.8, 4) is 5.75 Å². The first-order chi connectivity index (χ1) is 9.60. The predicted molar refractivity (Wildman–Crippen MR) is 94.8 cm³/mol. The van der Waals surface area contributed by atoms with Crippen molar-refractivity contribution in [2.24, 2.45) is 0 Å². The van der Waals surface area contributed by atoms with Crippen molar-refractivity contribution in [1.82, 2.24) is 4.98 Å². The number of rotatable bonds is 6. The molecule has 1 N–H and O–H groups in total. The van der Waals surface area contributed by atoms with Crippen LogP contribution in [0.25, 0.3) is 0 Å². The summed E-state index contributed by atoms with van der Waals surface area (Å²) in [7, 11) is 0. The van der Waals surface area contributed by atoms with Gasteiger partial charge in [-0.15, -0.1) is 0 Å². The number of halogens is 3. The van der Waals surface area contributed by atoms with Crippen LogP contribution in [0.3, 0.4) is 0 Å². The van der Waals surface area contributed by atoms with Gasteiger partial charge < -0.3 is 10.1 Å². The van der Waals surface area contributed by atoms with Crippen molar-refractivity contribution in [1.29, 1.82) is 0 Å². The maximum atomic E-state index is 5.85. The van der Waals surface area contributed by atoms with Gasteiger partial charge in [0.25, 0.3) is 0 Å². The largest absolute Gasteiger partial charge is 0.486 e. The van der Waals surface area contributed by atoms with Crippen LogP contribution in [0.2, 0.25) is 0 Å². The molecule has 0 aliphatic heterocycles. The Balaban J connectivity index is 2.00. The van der Waals surface area contributed by atoms with Crippen molar-refractivity contribution < 1.29 is 4.74 Å². The van der Waals surface area contributed by atoms with Crippen LogP contribution in [-0.4, -0.2) is 11.5 Å². The van der Waals surface area contributed by atoms with Gasteiger partial charge in [0, 0.05) is 17.2 Å². The van der Waals surface area contributed by atoms with Gasteiger partial charge in [-0.25, -0.2) is 4.98 Å². The fourth-order valence-corrected chi connectivity index (χ4v) is 4.74. The smallest absolute Gasteiger partial charge is 0.182 e. The first-order valence-electron chi connectivity index (χ1n) is 6.06. The van der Waals surface area contributed by atoms with E-state index in [4.69, 9.17) is 4.74 Å². The molecule has 3 nitrogen and oxygen atoms in total. The summed E-state index contributed by atoms with van der Waals surface area (Å²) in [6.07, 6.45) is 2.94. The molecular weight excluding hydrogens is 472 g/mol. The molecule has 0 amide bonds. The Morgan fingerprint density at radius 1 is 1.25 bits per heavy atom. The number of nitrogens with one attached hydrogen (secondary N) is 1. The van der Waals surface area contributed by atoms with E-state index in [9.17, 15) is 0 Å². The number of anilines is 1. The van der Waals surface area contributed by atoms with E-state index in [1.54, 1.807) is 11.3 Å². The first kappa shape index (κ1) is 16.3. The van der Waals surface area contributed by atoms with Crippen molar-refractivity contribution in [2.75, 3.05) is 11.9 Å². The second-order valence-electron chi connectivity index (χ2n) is 4.05. The zero-order chi connectivity index (χ0) is 14.5. The quantitative estimate of drug-likeness (QED) is 0.560. The summed E-state index contributed by atoms with van der Waals surface area (Å²) in [5, 5.41) is 4.21. The van der Waals surface area contributed by atoms with E-state index in [-0.39, 0.29) is 0 Å². The van der Waals surface area contributed by atoms with E-state index in [0.717, 1.165) is 42.1 Å². The molecule has 1 aromatic carbocycles. The fraction of sp³-hybridized carbons (Fsp3) is 0.308. The zero-order valence-electron chi connectivity index (χ0n) is 10.8. The number of benzene rings is 1. The molecular formula is C13H13Br3N2OS. The summed E-state index contributed by atoms with van der Waals surface area (Å²) < 4.78 is 8.67. The minimum Gasteiger partial charge on any atom is -0.486 e. The summed E-state index contributed by atoms with van der Waals surface area (Å²) in [6.45, 7) is 3.58. The molecule has 0 unspecified atom stereocenters. The van der Waals surface area contributed by atoms with Crippen molar-refractivity contribution in [3.05, 3.63) is 36.6 Å². The van der Waals surface area contributed by atoms with Gasteiger partial charge >= 0.3 is 0 Å². The van der Waals surface area contributed by atoms with Crippen molar-refractivity contribution in [2.45, 2.75) is 20.0 Å². The van der Waals surface area contributed by atoms with Crippen LogP contribution >= 0.6 is 59.1 Å². The van der Waals surface area contributed by atoms with Crippen LogP contribution in [0.4, 0.5) is 5.13 Å². The third kappa shape index (κ3) is 4.44. The van der Waals surface area contributed by atoms with E-state index < -0.39 is 0 Å². The summed E-state index contributed by atoms with van der Waals surface area (Å²) in [6, 6.07) is 3.92. The van der Waals surface area contributed by atoms with Gasteiger partial charge in [0.2, 0.25) is 0 Å². The average molecular weight is 485 g/mol. The SMILES string of the molecule is CCCNc1ncc(COc2c(Br)cc(Br)cc2Br)s1. The Morgan fingerprint density at radius 2 is 1.95 bits per heavy atom. The summed E-state index contributed by atoms with van der Waals surface area (Å²) in [4.78, 5) is 5.41. The molecule has 1 heterocycles. The van der Waals surface area contributed by atoms with Crippen LogP contribution in [0, 0.1) is 0 Å². The molecule has 0 aliphatic carbocycles. The van der Waals surface area contributed by atoms with Gasteiger partial charge in [-0.3, -0.25) is 0 Å². The molecule has 0 aliphatic rings. The summed E-state index contributed by atoms with van der Waals surface area (Å²) in [5.41, 5.74) is 0. The molecule has 0 radical (unpaired) electrons. The molecule has 20 heavy (non-hydrogen) atoms. The second kappa shape index (κ2) is 7.77. The lowest BCUT2D eigenvalue weighted by atomic mass is 10.3. The topological polar surface area (TPSA) is 34.2 Å². The molecule has 2 aromatic rings. The highest BCUT2D eigenvalue weighted by Gasteiger charge is 2.09. The molecule has 0 saturated heterocycles. The lowest BCUT2D eigenvalue weighted by molar-refractivity contribution is 0.305. The number of hydrogen-bond donors (Lipinski definition) is 1. The van der Waals surface area contributed by atoms with E-state index >= 15 is 0 Å². The summed E-state index contributed by atoms with van der Waals surface area (Å²) >= 11 is 12.1. The van der Waals surface area contributed by atoms with Gasteiger partial charge in [-0.05, 0) is 50.4 Å². The Morgan fingerprint density at radius 3 is 2.60 bits per heavy atom. The van der Waals surface area contributed by atoms with Gasteiger partial charge in [0.1, 0.15) is 12.4 Å². The Labute approximate surface area is 147 Å². The highest BCUT2D eigenvalue weighted by molar-refractivity contribution is 9.11. The molecule has 7 heteroatoms. The fourth-order valence-electron chi connectivity index (χ4n) is 1.50. The van der Waals surface area contributed by atoms with Gasteiger partial charge in [0.05, 0.1) is 13.8 Å². The van der Waals surface area contributed by atoms with Gasteiger partial charge in [-0.2, -0.15) is 0 Å². The normalized spacial score (nSPS) is 10.6. The molecule has 0 bridgehead atoms. The number of thiazole rings is 1. The van der Waals surface area contributed by atoms with Crippen LogP contribution in [0.5, 0.6) is 5.75 Å². The van der Waals surface area contributed by atoms with Gasteiger partial charge in [-0.1, -0.05) is 34.2 Å². The van der Waals surface area contributed by atoms with Gasteiger partial charge in [0.15, 0.2) is 5.13 Å². The van der Waals surface area contributed by atoms with Crippen LogP contribution in [0.1, 0.15) is 18.2 Å². The predicted octanol–water partition coefficient (Wildman–Crippen LogP) is 5.83. The Bertz CT molecular complexity index is 566. The van der Waals surface area contributed by atoms with E-state index in [1.807, 2.05) is 18.3 Å². The lowest BCUT2D eigenvalue weighted by Crippen LogP contribution is -1.98. The van der Waals surface area contributed by atoms with Crippen molar-refractivity contribution >= 4 is 64.3 Å². The van der Waals surface area contributed by atoms with Crippen LogP contribution in [-0.2, 0) is 6.61 Å². The molecule has 0 spiro atoms. The number of nitrogens with zero attached hydrogens (tertiary/aromatic N) is 1. The van der Waals surface area contributed by atoms with Crippen LogP contribution < -0.4 is 10.1 Å². The maximum Gasteiger partial charge on any atom is 0.182 e. The Kier molecular flexibility index (Phi) is 6.32. The van der Waals surface area contributed by atoms with Crippen molar-refractivity contribution in [3.63, 3.8) is 0 Å². The first-order valence-corrected chi connectivity index (χ1v) is 9.25. The third-order valence-corrected chi connectivity index (χ3v) is 4.97. The monoisotopic (exact) mass is 482 g/mol. The zero-order valence-corrected chi connectivity index (χ0v) is 16.3.